The Hall–Kier alpha value is -2.02. The fourth-order valence-electron chi connectivity index (χ4n) is 3.41. The summed E-state index contributed by atoms with van der Waals surface area (Å²) in [5.74, 6) is 0.876. The van der Waals surface area contributed by atoms with Crippen molar-refractivity contribution in [3.05, 3.63) is 53.2 Å². The first-order chi connectivity index (χ1) is 11.8. The van der Waals surface area contributed by atoms with Gasteiger partial charge in [0, 0.05) is 36.8 Å². The van der Waals surface area contributed by atoms with Crippen LogP contribution in [0.1, 0.15) is 23.9 Å². The summed E-state index contributed by atoms with van der Waals surface area (Å²) in [4.78, 5) is 11.2. The van der Waals surface area contributed by atoms with Crippen LogP contribution in [0.5, 0.6) is 0 Å². The van der Waals surface area contributed by atoms with Gasteiger partial charge in [-0.05, 0) is 30.2 Å². The van der Waals surface area contributed by atoms with Gasteiger partial charge in [-0.2, -0.15) is 5.10 Å². The molecule has 1 saturated heterocycles. The van der Waals surface area contributed by atoms with Gasteiger partial charge < -0.3 is 4.74 Å². The van der Waals surface area contributed by atoms with Crippen molar-refractivity contribution in [2.24, 2.45) is 0 Å². The number of pyridine rings is 1. The fraction of sp³-hybridized carbons (Fsp3) is 0.353. The summed E-state index contributed by atoms with van der Waals surface area (Å²) in [6, 6.07) is 8.06. The van der Waals surface area contributed by atoms with Crippen LogP contribution in [0.4, 0.5) is 0 Å². The number of halogens is 1. The molecule has 0 amide bonds. The summed E-state index contributed by atoms with van der Waals surface area (Å²) in [6.45, 7) is 1.61. The van der Waals surface area contributed by atoms with E-state index in [9.17, 15) is 0 Å². The van der Waals surface area contributed by atoms with Crippen LogP contribution in [0.25, 0.3) is 10.9 Å². The van der Waals surface area contributed by atoms with Gasteiger partial charge in [0.15, 0.2) is 0 Å². The van der Waals surface area contributed by atoms with Crippen LogP contribution in [0.3, 0.4) is 0 Å². The molecule has 0 bridgehead atoms. The van der Waals surface area contributed by atoms with E-state index in [1.165, 1.54) is 0 Å². The molecule has 7 heteroatoms. The zero-order chi connectivity index (χ0) is 16.5. The molecule has 124 valence electrons. The molecule has 1 N–H and O–H groups in total. The number of nitrogens with one attached hydrogen (secondary N) is 1. The largest absolute Gasteiger partial charge is 0.380 e. The predicted octanol–water partition coefficient (Wildman–Crippen LogP) is 2.97. The van der Waals surface area contributed by atoms with Crippen molar-refractivity contribution < 1.29 is 4.74 Å². The molecule has 0 saturated carbocycles. The van der Waals surface area contributed by atoms with Crippen LogP contribution in [-0.4, -0.2) is 44.8 Å². The number of aromatic nitrogens is 4. The van der Waals surface area contributed by atoms with Crippen molar-refractivity contribution in [1.29, 1.82) is 0 Å². The van der Waals surface area contributed by atoms with Crippen LogP contribution < -0.4 is 0 Å². The van der Waals surface area contributed by atoms with Crippen molar-refractivity contribution in [2.75, 3.05) is 13.7 Å². The maximum absolute atomic E-state index is 6.30. The smallest absolute Gasteiger partial charge is 0.141 e. The van der Waals surface area contributed by atoms with Crippen LogP contribution in [0.2, 0.25) is 5.02 Å². The molecule has 4 rings (SSSR count). The van der Waals surface area contributed by atoms with Crippen LogP contribution in [-0.2, 0) is 11.3 Å². The Kier molecular flexibility index (Phi) is 4.18. The van der Waals surface area contributed by atoms with Crippen molar-refractivity contribution in [3.8, 4) is 0 Å². The Labute approximate surface area is 144 Å². The Bertz CT molecular complexity index is 838. The van der Waals surface area contributed by atoms with E-state index in [1.54, 1.807) is 19.6 Å². The van der Waals surface area contributed by atoms with Gasteiger partial charge in [0.05, 0.1) is 17.7 Å². The van der Waals surface area contributed by atoms with Gasteiger partial charge in [0.2, 0.25) is 0 Å². The molecule has 0 unspecified atom stereocenters. The molecule has 6 nitrogen and oxygen atoms in total. The minimum absolute atomic E-state index is 0.159. The van der Waals surface area contributed by atoms with Crippen LogP contribution in [0, 0.1) is 0 Å². The highest BCUT2D eigenvalue weighted by molar-refractivity contribution is 6.35. The highest BCUT2D eigenvalue weighted by atomic mass is 35.5. The number of hydrogen-bond donors (Lipinski definition) is 1. The average Bonchev–Trinajstić information content (AvgIpc) is 3.27. The van der Waals surface area contributed by atoms with Crippen molar-refractivity contribution >= 4 is 22.5 Å². The number of likely N-dealkylation sites (tertiary alicyclic amines) is 1. The average molecular weight is 344 g/mol. The van der Waals surface area contributed by atoms with E-state index in [4.69, 9.17) is 16.3 Å². The number of benzene rings is 1. The topological polar surface area (TPSA) is 66.9 Å². The molecule has 1 aliphatic heterocycles. The molecular weight excluding hydrogens is 326 g/mol. The first-order valence-corrected chi connectivity index (χ1v) is 8.28. The van der Waals surface area contributed by atoms with Gasteiger partial charge in [-0.25, -0.2) is 4.98 Å². The lowest BCUT2D eigenvalue weighted by Gasteiger charge is -2.23. The molecule has 1 aromatic carbocycles. The van der Waals surface area contributed by atoms with Crippen LogP contribution in [0.15, 0.2) is 36.8 Å². The third kappa shape index (κ3) is 2.77. The second kappa shape index (κ2) is 6.47. The molecule has 1 fully saturated rings. The Morgan fingerprint density at radius 2 is 2.25 bits per heavy atom. The van der Waals surface area contributed by atoms with E-state index in [1.807, 2.05) is 18.2 Å². The first kappa shape index (κ1) is 15.5. The maximum atomic E-state index is 6.30. The maximum Gasteiger partial charge on any atom is 0.141 e. The van der Waals surface area contributed by atoms with E-state index < -0.39 is 0 Å². The molecule has 24 heavy (non-hydrogen) atoms. The molecule has 2 aromatic heterocycles. The summed E-state index contributed by atoms with van der Waals surface area (Å²) in [5, 5.41) is 8.69. The number of nitrogens with zero attached hydrogens (tertiary/aromatic N) is 4. The van der Waals surface area contributed by atoms with Crippen molar-refractivity contribution in [3.63, 3.8) is 0 Å². The lowest BCUT2D eigenvalue weighted by atomic mass is 10.1. The molecule has 2 atom stereocenters. The second-order valence-corrected chi connectivity index (χ2v) is 6.42. The lowest BCUT2D eigenvalue weighted by molar-refractivity contribution is 0.107. The van der Waals surface area contributed by atoms with Crippen molar-refractivity contribution in [2.45, 2.75) is 25.1 Å². The number of aromatic amines is 1. The number of H-pyrrole nitrogens is 1. The SMILES string of the molecule is CO[C@@H]1C[C@@H](c2ncn[nH]2)N(Cc2ccc(Cl)c3cccnc23)C1. The number of fused-ring (bicyclic) bond motifs is 1. The van der Waals surface area contributed by atoms with Gasteiger partial charge in [0.25, 0.3) is 0 Å². The van der Waals surface area contributed by atoms with Crippen molar-refractivity contribution in [1.82, 2.24) is 25.1 Å². The molecule has 0 radical (unpaired) electrons. The lowest BCUT2D eigenvalue weighted by Crippen LogP contribution is -2.25. The number of rotatable bonds is 4. The Morgan fingerprint density at radius 1 is 1.33 bits per heavy atom. The van der Waals surface area contributed by atoms with E-state index in [2.05, 4.69) is 31.1 Å². The van der Waals surface area contributed by atoms with E-state index in [-0.39, 0.29) is 12.1 Å². The minimum Gasteiger partial charge on any atom is -0.380 e. The monoisotopic (exact) mass is 343 g/mol. The predicted molar refractivity (Wildman–Crippen MR) is 91.7 cm³/mol. The molecular formula is C17H18ClN5O. The first-order valence-electron chi connectivity index (χ1n) is 7.90. The zero-order valence-electron chi connectivity index (χ0n) is 13.3. The summed E-state index contributed by atoms with van der Waals surface area (Å²) in [5.41, 5.74) is 2.10. The van der Waals surface area contributed by atoms with E-state index in [0.29, 0.717) is 0 Å². The van der Waals surface area contributed by atoms with Gasteiger partial charge in [0.1, 0.15) is 12.2 Å². The number of methoxy groups -OCH3 is 1. The highest BCUT2D eigenvalue weighted by Crippen LogP contribution is 2.34. The third-order valence-corrected chi connectivity index (χ3v) is 4.95. The summed E-state index contributed by atoms with van der Waals surface area (Å²) < 4.78 is 5.57. The molecule has 3 heterocycles. The third-order valence-electron chi connectivity index (χ3n) is 4.62. The summed E-state index contributed by atoms with van der Waals surface area (Å²) >= 11 is 6.30. The number of hydrogen-bond acceptors (Lipinski definition) is 5. The molecule has 1 aliphatic rings. The molecule has 3 aromatic rings. The Morgan fingerprint density at radius 3 is 3.04 bits per heavy atom. The van der Waals surface area contributed by atoms with Gasteiger partial charge in [-0.15, -0.1) is 0 Å². The molecule has 0 spiro atoms. The fourth-order valence-corrected chi connectivity index (χ4v) is 3.63. The quantitative estimate of drug-likeness (QED) is 0.788. The standard InChI is InChI=1S/C17H18ClN5O/c1-24-12-7-15(17-20-10-21-22-17)23(9-12)8-11-4-5-14(18)13-3-2-6-19-16(11)13/h2-6,10,12,15H,7-9H2,1H3,(H,20,21,22)/t12-,15+/m1/s1. The number of ether oxygens (including phenoxy) is 1. The Balaban J connectivity index is 1.68. The molecule has 0 aliphatic carbocycles. The second-order valence-electron chi connectivity index (χ2n) is 6.02. The van der Waals surface area contributed by atoms with Crippen LogP contribution >= 0.6 is 11.6 Å². The summed E-state index contributed by atoms with van der Waals surface area (Å²) in [6.07, 6.45) is 4.43. The summed E-state index contributed by atoms with van der Waals surface area (Å²) in [7, 11) is 1.75. The van der Waals surface area contributed by atoms with E-state index >= 15 is 0 Å². The van der Waals surface area contributed by atoms with E-state index in [0.717, 1.165) is 46.8 Å². The van der Waals surface area contributed by atoms with Gasteiger partial charge >= 0.3 is 0 Å². The minimum atomic E-state index is 0.159. The normalized spacial score (nSPS) is 21.6. The zero-order valence-corrected chi connectivity index (χ0v) is 14.1. The van der Waals surface area contributed by atoms with Gasteiger partial charge in [-0.1, -0.05) is 17.7 Å². The van der Waals surface area contributed by atoms with Gasteiger partial charge in [-0.3, -0.25) is 15.0 Å². The highest BCUT2D eigenvalue weighted by Gasteiger charge is 2.35.